The first-order valence-corrected chi connectivity index (χ1v) is 6.31. The average molecular weight is 266 g/mol. The molecular formula is C11H14N4O2S. The van der Waals surface area contributed by atoms with Crippen molar-refractivity contribution in [3.63, 3.8) is 0 Å². The van der Waals surface area contributed by atoms with Crippen LogP contribution in [0.3, 0.4) is 0 Å². The van der Waals surface area contributed by atoms with Gasteiger partial charge in [0.2, 0.25) is 0 Å². The fraction of sp³-hybridized carbons (Fsp3) is 0.364. The van der Waals surface area contributed by atoms with Gasteiger partial charge < -0.3 is 10.2 Å². The van der Waals surface area contributed by atoms with Crippen molar-refractivity contribution in [2.45, 2.75) is 0 Å². The molecule has 6 nitrogen and oxygen atoms in total. The largest absolute Gasteiger partial charge is 0.360 e. The molecule has 0 aliphatic heterocycles. The molecule has 2 rings (SSSR count). The molecule has 1 aromatic heterocycles. The van der Waals surface area contributed by atoms with E-state index in [0.29, 0.717) is 0 Å². The summed E-state index contributed by atoms with van der Waals surface area (Å²) in [6.07, 6.45) is 0. The number of thiazole rings is 1. The Morgan fingerprint density at radius 3 is 2.94 bits per heavy atom. The van der Waals surface area contributed by atoms with Crippen LogP contribution in [0.5, 0.6) is 0 Å². The van der Waals surface area contributed by atoms with Crippen LogP contribution < -0.4 is 5.32 Å². The molecule has 0 spiro atoms. The standard InChI is InChI=1S/C11H14N4O2S/c1-14(2)6-5-12-11-13-9-4-3-8(15(16)17)7-10(9)18-11/h3-4,7H,5-6H2,1-2H3,(H,12,13). The summed E-state index contributed by atoms with van der Waals surface area (Å²) in [4.78, 5) is 16.7. The van der Waals surface area contributed by atoms with Crippen molar-refractivity contribution < 1.29 is 4.92 Å². The lowest BCUT2D eigenvalue weighted by Crippen LogP contribution is -2.20. The number of nitrogens with one attached hydrogen (secondary N) is 1. The Balaban J connectivity index is 2.14. The molecule has 2 aromatic rings. The van der Waals surface area contributed by atoms with Crippen molar-refractivity contribution in [3.8, 4) is 0 Å². The van der Waals surface area contributed by atoms with Crippen molar-refractivity contribution in [1.82, 2.24) is 9.88 Å². The van der Waals surface area contributed by atoms with Gasteiger partial charge in [0, 0.05) is 25.2 Å². The highest BCUT2D eigenvalue weighted by molar-refractivity contribution is 7.22. The molecule has 0 amide bonds. The van der Waals surface area contributed by atoms with Crippen LogP contribution in [0.1, 0.15) is 0 Å². The minimum Gasteiger partial charge on any atom is -0.360 e. The predicted octanol–water partition coefficient (Wildman–Crippen LogP) is 2.18. The maximum atomic E-state index is 10.7. The van der Waals surface area contributed by atoms with Crippen LogP contribution in [0.15, 0.2) is 18.2 Å². The van der Waals surface area contributed by atoms with Gasteiger partial charge in [-0.15, -0.1) is 0 Å². The van der Waals surface area contributed by atoms with E-state index in [1.54, 1.807) is 12.1 Å². The molecule has 0 bridgehead atoms. The number of aromatic nitrogens is 1. The van der Waals surface area contributed by atoms with Gasteiger partial charge in [-0.3, -0.25) is 10.1 Å². The average Bonchev–Trinajstić information content (AvgIpc) is 2.69. The molecule has 18 heavy (non-hydrogen) atoms. The molecule has 0 aliphatic carbocycles. The zero-order valence-electron chi connectivity index (χ0n) is 10.2. The molecule has 0 radical (unpaired) electrons. The monoisotopic (exact) mass is 266 g/mol. The van der Waals surface area contributed by atoms with Crippen LogP contribution in [-0.2, 0) is 0 Å². The number of anilines is 1. The maximum absolute atomic E-state index is 10.7. The first kappa shape index (κ1) is 12.7. The van der Waals surface area contributed by atoms with Gasteiger partial charge in [0.05, 0.1) is 15.1 Å². The van der Waals surface area contributed by atoms with E-state index >= 15 is 0 Å². The van der Waals surface area contributed by atoms with Crippen molar-refractivity contribution in [1.29, 1.82) is 0 Å². The van der Waals surface area contributed by atoms with E-state index in [4.69, 9.17) is 0 Å². The van der Waals surface area contributed by atoms with Crippen molar-refractivity contribution in [3.05, 3.63) is 28.3 Å². The number of benzene rings is 1. The molecule has 96 valence electrons. The summed E-state index contributed by atoms with van der Waals surface area (Å²) >= 11 is 1.44. The number of rotatable bonds is 5. The minimum absolute atomic E-state index is 0.103. The van der Waals surface area contributed by atoms with Crippen molar-refractivity contribution >= 4 is 32.4 Å². The first-order chi connectivity index (χ1) is 8.56. The van der Waals surface area contributed by atoms with E-state index in [1.807, 2.05) is 14.1 Å². The van der Waals surface area contributed by atoms with Gasteiger partial charge >= 0.3 is 0 Å². The highest BCUT2D eigenvalue weighted by atomic mass is 32.1. The summed E-state index contributed by atoms with van der Waals surface area (Å²) in [7, 11) is 4.01. The molecule has 1 aromatic carbocycles. The topological polar surface area (TPSA) is 71.3 Å². The number of hydrogen-bond donors (Lipinski definition) is 1. The molecule has 7 heteroatoms. The molecule has 1 N–H and O–H groups in total. The number of nitro groups is 1. The van der Waals surface area contributed by atoms with E-state index < -0.39 is 4.92 Å². The van der Waals surface area contributed by atoms with Gasteiger partial charge in [-0.2, -0.15) is 0 Å². The molecule has 0 unspecified atom stereocenters. The fourth-order valence-corrected chi connectivity index (χ4v) is 2.41. The fourth-order valence-electron chi connectivity index (χ4n) is 1.49. The molecular weight excluding hydrogens is 252 g/mol. The second-order valence-corrected chi connectivity index (χ2v) is 5.19. The van der Waals surface area contributed by atoms with Gasteiger partial charge in [0.15, 0.2) is 5.13 Å². The number of hydrogen-bond acceptors (Lipinski definition) is 6. The Labute approximate surface area is 108 Å². The third-order valence-corrected chi connectivity index (χ3v) is 3.39. The maximum Gasteiger partial charge on any atom is 0.270 e. The molecule has 0 aliphatic rings. The normalized spacial score (nSPS) is 11.1. The third kappa shape index (κ3) is 2.93. The summed E-state index contributed by atoms with van der Waals surface area (Å²) in [5.41, 5.74) is 0.893. The first-order valence-electron chi connectivity index (χ1n) is 5.50. The molecule has 0 saturated carbocycles. The highest BCUT2D eigenvalue weighted by Gasteiger charge is 2.09. The Morgan fingerprint density at radius 2 is 2.28 bits per heavy atom. The summed E-state index contributed by atoms with van der Waals surface area (Å²) in [5, 5.41) is 14.7. The third-order valence-electron chi connectivity index (χ3n) is 2.42. The SMILES string of the molecule is CN(C)CCNc1nc2ccc([N+](=O)[O-])cc2s1. The number of fused-ring (bicyclic) bond motifs is 1. The Bertz CT molecular complexity index is 567. The van der Waals surface area contributed by atoms with E-state index in [2.05, 4.69) is 15.2 Å². The van der Waals surface area contributed by atoms with Crippen LogP contribution in [0.25, 0.3) is 10.2 Å². The Morgan fingerprint density at radius 1 is 1.50 bits per heavy atom. The lowest BCUT2D eigenvalue weighted by Gasteiger charge is -2.08. The van der Waals surface area contributed by atoms with Gasteiger partial charge in [-0.1, -0.05) is 11.3 Å². The number of likely N-dealkylation sites (N-methyl/N-ethyl adjacent to an activating group) is 1. The van der Waals surface area contributed by atoms with Gasteiger partial charge in [0.25, 0.3) is 5.69 Å². The molecule has 1 heterocycles. The van der Waals surface area contributed by atoms with Crippen LogP contribution in [0, 0.1) is 10.1 Å². The van der Waals surface area contributed by atoms with Crippen LogP contribution >= 0.6 is 11.3 Å². The zero-order chi connectivity index (χ0) is 13.1. The zero-order valence-corrected chi connectivity index (χ0v) is 11.0. The van der Waals surface area contributed by atoms with Gasteiger partial charge in [-0.25, -0.2) is 4.98 Å². The molecule has 0 atom stereocenters. The van der Waals surface area contributed by atoms with Gasteiger partial charge in [-0.05, 0) is 20.2 Å². The molecule has 0 saturated heterocycles. The lowest BCUT2D eigenvalue weighted by molar-refractivity contribution is -0.384. The van der Waals surface area contributed by atoms with Crippen LogP contribution in [0.4, 0.5) is 10.8 Å². The smallest absolute Gasteiger partial charge is 0.270 e. The summed E-state index contributed by atoms with van der Waals surface area (Å²) < 4.78 is 0.830. The van der Waals surface area contributed by atoms with Crippen molar-refractivity contribution in [2.75, 3.05) is 32.5 Å². The van der Waals surface area contributed by atoms with E-state index in [-0.39, 0.29) is 5.69 Å². The Kier molecular flexibility index (Phi) is 3.73. The summed E-state index contributed by atoms with van der Waals surface area (Å²) in [5.74, 6) is 0. The summed E-state index contributed by atoms with van der Waals surface area (Å²) in [6, 6.07) is 4.72. The van der Waals surface area contributed by atoms with E-state index in [9.17, 15) is 10.1 Å². The van der Waals surface area contributed by atoms with Crippen LogP contribution in [0.2, 0.25) is 0 Å². The minimum atomic E-state index is -0.391. The van der Waals surface area contributed by atoms with Crippen molar-refractivity contribution in [2.24, 2.45) is 0 Å². The summed E-state index contributed by atoms with van der Waals surface area (Å²) in [6.45, 7) is 1.71. The number of nitro benzene ring substituents is 1. The van der Waals surface area contributed by atoms with Crippen LogP contribution in [-0.4, -0.2) is 42.0 Å². The Hall–Kier alpha value is -1.73. The second-order valence-electron chi connectivity index (χ2n) is 4.16. The predicted molar refractivity (Wildman–Crippen MR) is 73.3 cm³/mol. The number of nitrogens with zero attached hydrogens (tertiary/aromatic N) is 3. The number of non-ortho nitro benzene ring substituents is 1. The highest BCUT2D eigenvalue weighted by Crippen LogP contribution is 2.28. The quantitative estimate of drug-likeness (QED) is 0.663. The van der Waals surface area contributed by atoms with E-state index in [0.717, 1.165) is 28.4 Å². The van der Waals surface area contributed by atoms with Gasteiger partial charge in [0.1, 0.15) is 0 Å². The molecule has 0 fully saturated rings. The lowest BCUT2D eigenvalue weighted by atomic mass is 10.3. The second kappa shape index (κ2) is 5.28. The van der Waals surface area contributed by atoms with E-state index in [1.165, 1.54) is 17.4 Å².